The van der Waals surface area contributed by atoms with Gasteiger partial charge in [0.1, 0.15) is 5.82 Å². The van der Waals surface area contributed by atoms with Crippen molar-refractivity contribution in [2.75, 3.05) is 31.4 Å². The Morgan fingerprint density at radius 3 is 2.37 bits per heavy atom. The zero-order valence-electron chi connectivity index (χ0n) is 16.3. The van der Waals surface area contributed by atoms with Gasteiger partial charge in [-0.1, -0.05) is 34.1 Å². The van der Waals surface area contributed by atoms with E-state index in [1.165, 1.54) is 26.4 Å². The minimum atomic E-state index is -2.88. The van der Waals surface area contributed by atoms with Crippen LogP contribution in [0.15, 0.2) is 40.9 Å². The van der Waals surface area contributed by atoms with Gasteiger partial charge in [0.2, 0.25) is 0 Å². The SMILES string of the molecule is COC(CNc1nnc(NCc2cccc(C(F)F)c2F)c2cc(Br)ccc12)OC. The molecule has 0 aliphatic rings. The van der Waals surface area contributed by atoms with Crippen LogP contribution in [0, 0.1) is 5.82 Å². The second kappa shape index (κ2) is 10.1. The molecule has 0 radical (unpaired) electrons. The topological polar surface area (TPSA) is 68.3 Å². The van der Waals surface area contributed by atoms with Crippen molar-refractivity contribution in [3.63, 3.8) is 0 Å². The zero-order chi connectivity index (χ0) is 21.7. The molecule has 6 nitrogen and oxygen atoms in total. The van der Waals surface area contributed by atoms with Crippen LogP contribution in [-0.4, -0.2) is 37.3 Å². The third kappa shape index (κ3) is 5.00. The summed E-state index contributed by atoms with van der Waals surface area (Å²) in [5.74, 6) is -0.0105. The summed E-state index contributed by atoms with van der Waals surface area (Å²) in [5.41, 5.74) is -0.513. The number of hydrogen-bond donors (Lipinski definition) is 2. The van der Waals surface area contributed by atoms with Crippen molar-refractivity contribution in [2.24, 2.45) is 0 Å². The van der Waals surface area contributed by atoms with E-state index in [2.05, 4.69) is 36.8 Å². The van der Waals surface area contributed by atoms with Crippen molar-refractivity contribution in [3.8, 4) is 0 Å². The zero-order valence-corrected chi connectivity index (χ0v) is 17.8. The number of halogens is 4. The van der Waals surface area contributed by atoms with E-state index in [1.807, 2.05) is 18.2 Å². The highest BCUT2D eigenvalue weighted by Gasteiger charge is 2.17. The molecular formula is C20H20BrF3N4O2. The molecule has 3 aromatic rings. The summed E-state index contributed by atoms with van der Waals surface area (Å²) in [6.45, 7) is 0.330. The fourth-order valence-corrected chi connectivity index (χ4v) is 3.28. The van der Waals surface area contributed by atoms with Crippen LogP contribution in [0.5, 0.6) is 0 Å². The molecule has 0 amide bonds. The highest BCUT2D eigenvalue weighted by molar-refractivity contribution is 9.10. The molecule has 0 aliphatic carbocycles. The first-order valence-electron chi connectivity index (χ1n) is 8.99. The molecule has 2 aromatic carbocycles. The van der Waals surface area contributed by atoms with Crippen LogP contribution in [0.2, 0.25) is 0 Å². The number of alkyl halides is 2. The van der Waals surface area contributed by atoms with E-state index in [0.717, 1.165) is 21.3 Å². The van der Waals surface area contributed by atoms with Crippen molar-refractivity contribution in [3.05, 3.63) is 57.8 Å². The smallest absolute Gasteiger partial charge is 0.266 e. The van der Waals surface area contributed by atoms with E-state index in [-0.39, 0.29) is 12.1 Å². The van der Waals surface area contributed by atoms with Crippen molar-refractivity contribution in [1.82, 2.24) is 10.2 Å². The van der Waals surface area contributed by atoms with Crippen LogP contribution >= 0.6 is 15.9 Å². The molecule has 1 aromatic heterocycles. The van der Waals surface area contributed by atoms with Gasteiger partial charge in [-0.3, -0.25) is 0 Å². The predicted molar refractivity (Wildman–Crippen MR) is 112 cm³/mol. The summed E-state index contributed by atoms with van der Waals surface area (Å²) in [6.07, 6.45) is -3.34. The average molecular weight is 485 g/mol. The number of anilines is 2. The summed E-state index contributed by atoms with van der Waals surface area (Å²) < 4.78 is 51.3. The minimum absolute atomic E-state index is 0.0229. The summed E-state index contributed by atoms with van der Waals surface area (Å²) in [6, 6.07) is 9.47. The lowest BCUT2D eigenvalue weighted by Crippen LogP contribution is -2.24. The van der Waals surface area contributed by atoms with Crippen LogP contribution in [0.25, 0.3) is 10.8 Å². The molecule has 30 heavy (non-hydrogen) atoms. The van der Waals surface area contributed by atoms with Gasteiger partial charge < -0.3 is 20.1 Å². The molecule has 2 N–H and O–H groups in total. The van der Waals surface area contributed by atoms with Crippen LogP contribution in [0.1, 0.15) is 17.6 Å². The van der Waals surface area contributed by atoms with E-state index >= 15 is 0 Å². The number of nitrogens with one attached hydrogen (secondary N) is 2. The standard InChI is InChI=1S/C20H20BrF3N4O2/c1-29-16(30-2)10-26-19-13-7-6-12(21)8-15(13)20(28-27-19)25-9-11-4-3-5-14(17(11)22)18(23)24/h3-8,16,18H,9-10H2,1-2H3,(H,25,28)(H,26,27). The van der Waals surface area contributed by atoms with Crippen LogP contribution in [0.3, 0.4) is 0 Å². The highest BCUT2D eigenvalue weighted by atomic mass is 79.9. The van der Waals surface area contributed by atoms with Crippen molar-refractivity contribution < 1.29 is 22.6 Å². The monoisotopic (exact) mass is 484 g/mol. The summed E-state index contributed by atoms with van der Waals surface area (Å²) >= 11 is 3.43. The molecule has 1 heterocycles. The summed E-state index contributed by atoms with van der Waals surface area (Å²) in [5, 5.41) is 16.0. The Labute approximate surface area is 179 Å². The molecule has 0 aliphatic heterocycles. The third-order valence-corrected chi connectivity index (χ3v) is 4.99. The Kier molecular flexibility index (Phi) is 7.46. The first kappa shape index (κ1) is 22.3. The molecule has 3 rings (SSSR count). The van der Waals surface area contributed by atoms with E-state index in [4.69, 9.17) is 9.47 Å². The lowest BCUT2D eigenvalue weighted by Gasteiger charge is -2.16. The number of nitrogens with zero attached hydrogens (tertiary/aromatic N) is 2. The molecule has 0 unspecified atom stereocenters. The van der Waals surface area contributed by atoms with Gasteiger partial charge in [-0.15, -0.1) is 10.2 Å². The number of aromatic nitrogens is 2. The second-order valence-electron chi connectivity index (χ2n) is 6.34. The largest absolute Gasteiger partial charge is 0.364 e. The van der Waals surface area contributed by atoms with Gasteiger partial charge >= 0.3 is 0 Å². The fraction of sp³-hybridized carbons (Fsp3) is 0.300. The van der Waals surface area contributed by atoms with Crippen molar-refractivity contribution >= 4 is 38.3 Å². The number of ether oxygens (including phenoxy) is 2. The molecule has 0 atom stereocenters. The predicted octanol–water partition coefficient (Wildman–Crippen LogP) is 5.11. The molecule has 10 heteroatoms. The molecule has 0 bridgehead atoms. The Hall–Kier alpha value is -2.43. The van der Waals surface area contributed by atoms with E-state index in [0.29, 0.717) is 18.2 Å². The van der Waals surface area contributed by atoms with Gasteiger partial charge in [0, 0.05) is 41.6 Å². The van der Waals surface area contributed by atoms with Gasteiger partial charge in [0.15, 0.2) is 17.9 Å². The van der Waals surface area contributed by atoms with Gasteiger partial charge in [-0.05, 0) is 18.2 Å². The molecular weight excluding hydrogens is 465 g/mol. The highest BCUT2D eigenvalue weighted by Crippen LogP contribution is 2.30. The maximum absolute atomic E-state index is 14.3. The third-order valence-electron chi connectivity index (χ3n) is 4.49. The van der Waals surface area contributed by atoms with E-state index < -0.39 is 24.1 Å². The van der Waals surface area contributed by atoms with Gasteiger partial charge in [-0.25, -0.2) is 13.2 Å². The fourth-order valence-electron chi connectivity index (χ4n) is 2.91. The number of methoxy groups -OCH3 is 2. The number of fused-ring (bicyclic) bond motifs is 1. The van der Waals surface area contributed by atoms with E-state index in [9.17, 15) is 13.2 Å². The minimum Gasteiger partial charge on any atom is -0.364 e. The maximum atomic E-state index is 14.3. The molecule has 160 valence electrons. The van der Waals surface area contributed by atoms with Crippen molar-refractivity contribution in [2.45, 2.75) is 19.3 Å². The number of rotatable bonds is 9. The lowest BCUT2D eigenvalue weighted by atomic mass is 10.1. The Bertz CT molecular complexity index is 1020. The summed E-state index contributed by atoms with van der Waals surface area (Å²) in [4.78, 5) is 0. The van der Waals surface area contributed by atoms with E-state index in [1.54, 1.807) is 0 Å². The van der Waals surface area contributed by atoms with Gasteiger partial charge in [0.05, 0.1) is 12.1 Å². The summed E-state index contributed by atoms with van der Waals surface area (Å²) in [7, 11) is 3.07. The first-order chi connectivity index (χ1) is 14.4. The van der Waals surface area contributed by atoms with Gasteiger partial charge in [0.25, 0.3) is 6.43 Å². The number of hydrogen-bond acceptors (Lipinski definition) is 6. The first-order valence-corrected chi connectivity index (χ1v) is 9.78. The average Bonchev–Trinajstić information content (AvgIpc) is 2.74. The van der Waals surface area contributed by atoms with Gasteiger partial charge in [-0.2, -0.15) is 0 Å². The second-order valence-corrected chi connectivity index (χ2v) is 7.26. The normalized spacial score (nSPS) is 11.5. The van der Waals surface area contributed by atoms with Crippen molar-refractivity contribution in [1.29, 1.82) is 0 Å². The van der Waals surface area contributed by atoms with Crippen LogP contribution in [-0.2, 0) is 16.0 Å². The Morgan fingerprint density at radius 1 is 1.00 bits per heavy atom. The van der Waals surface area contributed by atoms with Crippen LogP contribution < -0.4 is 10.6 Å². The molecule has 0 saturated carbocycles. The van der Waals surface area contributed by atoms with Crippen LogP contribution in [0.4, 0.5) is 24.8 Å². The Morgan fingerprint density at radius 2 is 1.70 bits per heavy atom. The molecule has 0 fully saturated rings. The quantitative estimate of drug-likeness (QED) is 0.411. The number of benzene rings is 2. The maximum Gasteiger partial charge on any atom is 0.266 e. The Balaban J connectivity index is 1.87. The lowest BCUT2D eigenvalue weighted by molar-refractivity contribution is -0.0914. The molecule has 0 spiro atoms. The molecule has 0 saturated heterocycles.